The Balaban J connectivity index is 1.66. The summed E-state index contributed by atoms with van der Waals surface area (Å²) in [5.41, 5.74) is 0.535. The van der Waals surface area contributed by atoms with Crippen molar-refractivity contribution in [3.63, 3.8) is 0 Å². The van der Waals surface area contributed by atoms with Gasteiger partial charge in [0.05, 0.1) is 15.7 Å². The molecule has 0 radical (unpaired) electrons. The van der Waals surface area contributed by atoms with Crippen LogP contribution in [0.1, 0.15) is 38.5 Å². The van der Waals surface area contributed by atoms with E-state index in [2.05, 4.69) is 29.6 Å². The first kappa shape index (κ1) is 17.6. The number of carbonyl (C=O) groups excluding carboxylic acids is 1. The lowest BCUT2D eigenvalue weighted by atomic mass is 10.1. The molecule has 0 heterocycles. The average Bonchev–Trinajstić information content (AvgIpc) is 3.23. The van der Waals surface area contributed by atoms with Gasteiger partial charge in [-0.2, -0.15) is 0 Å². The van der Waals surface area contributed by atoms with Crippen LogP contribution in [0.4, 0.5) is 5.69 Å². The minimum atomic E-state index is 0.0582. The van der Waals surface area contributed by atoms with Gasteiger partial charge in [-0.1, -0.05) is 53.6 Å². The molecule has 3 atom stereocenters. The summed E-state index contributed by atoms with van der Waals surface area (Å²) in [5.74, 6) is 1.09. The highest BCUT2D eigenvalue weighted by atomic mass is 35.5. The number of anilines is 1. The summed E-state index contributed by atoms with van der Waals surface area (Å²) < 4.78 is 0. The van der Waals surface area contributed by atoms with Crippen molar-refractivity contribution in [1.82, 2.24) is 0 Å². The Bertz CT molecular complexity index is 609. The van der Waals surface area contributed by atoms with Crippen LogP contribution in [0.3, 0.4) is 0 Å². The number of rotatable bonds is 2. The van der Waals surface area contributed by atoms with Crippen molar-refractivity contribution in [2.75, 3.05) is 5.32 Å². The molecule has 1 fully saturated rings. The predicted molar refractivity (Wildman–Crippen MR) is 102 cm³/mol. The Morgan fingerprint density at radius 1 is 0.875 bits per heavy atom. The highest BCUT2D eigenvalue weighted by Crippen LogP contribution is 2.53. The van der Waals surface area contributed by atoms with Crippen LogP contribution >= 0.6 is 23.2 Å². The number of benzene rings is 1. The average molecular weight is 364 g/mol. The van der Waals surface area contributed by atoms with E-state index >= 15 is 0 Å². The summed E-state index contributed by atoms with van der Waals surface area (Å²) in [7, 11) is 0. The highest BCUT2D eigenvalue weighted by Gasteiger charge is 2.52. The molecule has 0 aromatic heterocycles. The summed E-state index contributed by atoms with van der Waals surface area (Å²) in [6.45, 7) is 0. The molecule has 1 amide bonds. The third kappa shape index (κ3) is 4.23. The molecule has 1 N–H and O–H groups in total. The third-order valence-electron chi connectivity index (χ3n) is 5.01. The molecule has 0 saturated heterocycles. The van der Waals surface area contributed by atoms with Crippen LogP contribution in [-0.4, -0.2) is 5.91 Å². The van der Waals surface area contributed by atoms with Gasteiger partial charge in [0.15, 0.2) is 0 Å². The maximum atomic E-state index is 12.7. The molecule has 3 unspecified atom stereocenters. The standard InChI is InChI=1S/C20H23Cl2NO/c21-16-12-9-13-17(22)19(16)23-20(24)18-14-10-7-5-3-1-2-4-6-8-11-15(14)18/h3-6,9,12-15,18H,1-2,7-8,10-11H2,(H,23,24)/b5-3-,6-4+. The van der Waals surface area contributed by atoms with Crippen LogP contribution in [0.25, 0.3) is 0 Å². The number of para-hydroxylation sites is 1. The van der Waals surface area contributed by atoms with Crippen LogP contribution in [-0.2, 0) is 4.79 Å². The number of allylic oxidation sites excluding steroid dienone is 4. The molecule has 1 aromatic rings. The number of hydrogen-bond acceptors (Lipinski definition) is 1. The summed E-state index contributed by atoms with van der Waals surface area (Å²) in [6, 6.07) is 5.27. The maximum Gasteiger partial charge on any atom is 0.228 e. The zero-order valence-corrected chi connectivity index (χ0v) is 15.2. The lowest BCUT2D eigenvalue weighted by Crippen LogP contribution is -2.16. The van der Waals surface area contributed by atoms with Crippen LogP contribution in [0.2, 0.25) is 10.0 Å². The Kier molecular flexibility index (Phi) is 6.02. The fraction of sp³-hybridized carbons (Fsp3) is 0.450. The van der Waals surface area contributed by atoms with Crippen molar-refractivity contribution in [2.24, 2.45) is 17.8 Å². The molecule has 24 heavy (non-hydrogen) atoms. The van der Waals surface area contributed by atoms with Crippen molar-refractivity contribution >= 4 is 34.8 Å². The van der Waals surface area contributed by atoms with Crippen molar-refractivity contribution < 1.29 is 4.79 Å². The molecule has 4 heteroatoms. The highest BCUT2D eigenvalue weighted by molar-refractivity contribution is 6.39. The smallest absolute Gasteiger partial charge is 0.228 e. The number of fused-ring (bicyclic) bond motifs is 1. The van der Waals surface area contributed by atoms with Crippen molar-refractivity contribution in [1.29, 1.82) is 0 Å². The number of amides is 1. The molecular weight excluding hydrogens is 341 g/mol. The SMILES string of the molecule is O=C(Nc1c(Cl)cccc1Cl)C1C2CC/C=C\CC/C=C/CCC21. The number of carbonyl (C=O) groups is 1. The molecule has 0 bridgehead atoms. The van der Waals surface area contributed by atoms with E-state index in [4.69, 9.17) is 23.2 Å². The van der Waals surface area contributed by atoms with E-state index in [1.165, 1.54) is 0 Å². The van der Waals surface area contributed by atoms with E-state index < -0.39 is 0 Å². The van der Waals surface area contributed by atoms with Gasteiger partial charge in [0.2, 0.25) is 5.91 Å². The minimum absolute atomic E-state index is 0.0582. The molecule has 0 aliphatic heterocycles. The zero-order valence-electron chi connectivity index (χ0n) is 13.7. The molecule has 3 rings (SSSR count). The summed E-state index contributed by atoms with van der Waals surface area (Å²) in [4.78, 5) is 12.7. The van der Waals surface area contributed by atoms with E-state index in [1.54, 1.807) is 18.2 Å². The largest absolute Gasteiger partial charge is 0.323 e. The van der Waals surface area contributed by atoms with Gasteiger partial charge in [-0.15, -0.1) is 0 Å². The topological polar surface area (TPSA) is 29.1 Å². The second-order valence-corrected chi connectivity index (χ2v) is 7.43. The number of hydrogen-bond donors (Lipinski definition) is 1. The van der Waals surface area contributed by atoms with Gasteiger partial charge >= 0.3 is 0 Å². The fourth-order valence-corrected chi connectivity index (χ4v) is 4.18. The summed E-state index contributed by atoms with van der Waals surface area (Å²) >= 11 is 12.3. The Morgan fingerprint density at radius 2 is 1.38 bits per heavy atom. The maximum absolute atomic E-state index is 12.7. The minimum Gasteiger partial charge on any atom is -0.323 e. The van der Waals surface area contributed by atoms with Crippen LogP contribution in [0.15, 0.2) is 42.5 Å². The molecule has 2 nitrogen and oxygen atoms in total. The predicted octanol–water partition coefficient (Wildman–Crippen LogP) is 6.26. The quantitative estimate of drug-likeness (QED) is 0.617. The molecule has 2 aliphatic rings. The molecular formula is C20H23Cl2NO. The lowest BCUT2D eigenvalue weighted by molar-refractivity contribution is -0.117. The van der Waals surface area contributed by atoms with Gasteiger partial charge in [-0.05, 0) is 62.5 Å². The fourth-order valence-electron chi connectivity index (χ4n) is 3.69. The van der Waals surface area contributed by atoms with Crippen LogP contribution < -0.4 is 5.32 Å². The first-order chi connectivity index (χ1) is 11.7. The number of nitrogens with one attached hydrogen (secondary N) is 1. The molecule has 0 spiro atoms. The van der Waals surface area contributed by atoms with Crippen molar-refractivity contribution in [2.45, 2.75) is 38.5 Å². The first-order valence-corrected chi connectivity index (χ1v) is 9.49. The van der Waals surface area contributed by atoms with Crippen LogP contribution in [0.5, 0.6) is 0 Å². The van der Waals surface area contributed by atoms with Gasteiger partial charge < -0.3 is 5.32 Å². The monoisotopic (exact) mass is 363 g/mol. The van der Waals surface area contributed by atoms with E-state index in [-0.39, 0.29) is 11.8 Å². The Labute approximate surface area is 153 Å². The van der Waals surface area contributed by atoms with E-state index in [0.29, 0.717) is 27.6 Å². The van der Waals surface area contributed by atoms with Gasteiger partial charge in [-0.3, -0.25) is 4.79 Å². The van der Waals surface area contributed by atoms with Gasteiger partial charge in [0.25, 0.3) is 0 Å². The molecule has 1 saturated carbocycles. The zero-order chi connectivity index (χ0) is 16.9. The van der Waals surface area contributed by atoms with Crippen LogP contribution in [0, 0.1) is 17.8 Å². The van der Waals surface area contributed by atoms with Gasteiger partial charge in [-0.25, -0.2) is 0 Å². The van der Waals surface area contributed by atoms with E-state index in [9.17, 15) is 4.79 Å². The third-order valence-corrected chi connectivity index (χ3v) is 5.64. The Morgan fingerprint density at radius 3 is 1.92 bits per heavy atom. The number of halogens is 2. The molecule has 128 valence electrons. The molecule has 2 aliphatic carbocycles. The normalized spacial score (nSPS) is 29.5. The first-order valence-electron chi connectivity index (χ1n) is 8.73. The van der Waals surface area contributed by atoms with Crippen molar-refractivity contribution in [3.05, 3.63) is 52.5 Å². The van der Waals surface area contributed by atoms with Gasteiger partial charge in [0, 0.05) is 5.92 Å². The second kappa shape index (κ2) is 8.22. The van der Waals surface area contributed by atoms with Crippen molar-refractivity contribution in [3.8, 4) is 0 Å². The lowest BCUT2D eigenvalue weighted by Gasteiger charge is -2.09. The summed E-state index contributed by atoms with van der Waals surface area (Å²) in [5, 5.41) is 3.93. The summed E-state index contributed by atoms with van der Waals surface area (Å²) in [6.07, 6.45) is 15.5. The second-order valence-electron chi connectivity index (χ2n) is 6.61. The Hall–Kier alpha value is -1.25. The molecule has 1 aromatic carbocycles. The van der Waals surface area contributed by atoms with E-state index in [1.807, 2.05) is 0 Å². The van der Waals surface area contributed by atoms with E-state index in [0.717, 1.165) is 38.5 Å². The van der Waals surface area contributed by atoms with Gasteiger partial charge in [0.1, 0.15) is 0 Å².